The standard InChI is InChI=1S/C21H16ClF6N5/c22-13-2-1-3-14(9-13)32-10-29-31-19(32)18-11-4-5-15(6-11)33(18)17-8-12(20(23,24)25)7-16(30-17)21(26,27)28/h1-3,7-11,15,18H,4-6H2/t11-,15+,18-/m0/s1. The molecule has 0 unspecified atom stereocenters. The Morgan fingerprint density at radius 2 is 1.76 bits per heavy atom. The van der Waals surface area contributed by atoms with Gasteiger partial charge in [0.05, 0.1) is 11.6 Å². The highest BCUT2D eigenvalue weighted by atomic mass is 35.5. The van der Waals surface area contributed by atoms with Gasteiger partial charge >= 0.3 is 12.4 Å². The van der Waals surface area contributed by atoms with Gasteiger partial charge < -0.3 is 4.90 Å². The lowest BCUT2D eigenvalue weighted by Gasteiger charge is -2.36. The molecule has 0 spiro atoms. The van der Waals surface area contributed by atoms with Gasteiger partial charge in [0.2, 0.25) is 0 Å². The number of benzene rings is 1. The molecule has 5 rings (SSSR count). The van der Waals surface area contributed by atoms with Crippen LogP contribution in [-0.4, -0.2) is 25.8 Å². The molecule has 1 aliphatic carbocycles. The van der Waals surface area contributed by atoms with E-state index in [1.807, 2.05) is 0 Å². The van der Waals surface area contributed by atoms with E-state index in [4.69, 9.17) is 11.6 Å². The van der Waals surface area contributed by atoms with Crippen molar-refractivity contribution in [2.45, 2.75) is 43.7 Å². The zero-order chi connectivity index (χ0) is 23.5. The maximum Gasteiger partial charge on any atom is 0.433 e. The summed E-state index contributed by atoms with van der Waals surface area (Å²) in [6.07, 6.45) is -6.49. The highest BCUT2D eigenvalue weighted by Crippen LogP contribution is 2.52. The molecule has 12 heteroatoms. The molecule has 2 aliphatic rings. The van der Waals surface area contributed by atoms with E-state index < -0.39 is 29.7 Å². The molecule has 5 nitrogen and oxygen atoms in total. The molecule has 2 aromatic heterocycles. The molecule has 174 valence electrons. The van der Waals surface area contributed by atoms with Crippen LogP contribution in [0.2, 0.25) is 5.02 Å². The van der Waals surface area contributed by atoms with E-state index in [-0.39, 0.29) is 23.8 Å². The van der Waals surface area contributed by atoms with E-state index in [1.165, 1.54) is 6.33 Å². The van der Waals surface area contributed by atoms with Gasteiger partial charge in [0, 0.05) is 16.8 Å². The Morgan fingerprint density at radius 1 is 0.970 bits per heavy atom. The average Bonchev–Trinajstić information content (AvgIpc) is 3.47. The number of piperidine rings is 1. The number of hydrogen-bond donors (Lipinski definition) is 0. The number of fused-ring (bicyclic) bond motifs is 2. The Labute approximate surface area is 189 Å². The molecule has 3 atom stereocenters. The molecular formula is C21H16ClF6N5. The first-order chi connectivity index (χ1) is 15.5. The fourth-order valence-corrected chi connectivity index (χ4v) is 5.06. The van der Waals surface area contributed by atoms with Gasteiger partial charge in [-0.3, -0.25) is 4.57 Å². The normalized spacial score (nSPS) is 22.9. The number of aromatic nitrogens is 4. The van der Waals surface area contributed by atoms with Gasteiger partial charge in [0.1, 0.15) is 17.8 Å². The predicted molar refractivity (Wildman–Crippen MR) is 107 cm³/mol. The summed E-state index contributed by atoms with van der Waals surface area (Å²) >= 11 is 6.09. The SMILES string of the molecule is FC(F)(F)c1cc(N2[C@@H]3CC[C@@H](C3)[C@H]2c2nncn2-c2cccc(Cl)c2)nc(C(F)(F)F)c1. The van der Waals surface area contributed by atoms with E-state index in [2.05, 4.69) is 15.2 Å². The Balaban J connectivity index is 1.64. The molecule has 0 N–H and O–H groups in total. The number of pyridine rings is 1. The Kier molecular flexibility index (Phi) is 5.07. The molecule has 0 radical (unpaired) electrons. The number of halogens is 7. The van der Waals surface area contributed by atoms with Gasteiger partial charge in [-0.2, -0.15) is 26.3 Å². The van der Waals surface area contributed by atoms with Crippen molar-refractivity contribution in [1.29, 1.82) is 0 Å². The lowest BCUT2D eigenvalue weighted by molar-refractivity contribution is -0.145. The van der Waals surface area contributed by atoms with Crippen molar-refractivity contribution >= 4 is 17.4 Å². The fourth-order valence-electron chi connectivity index (χ4n) is 4.88. The molecular weight excluding hydrogens is 472 g/mol. The van der Waals surface area contributed by atoms with Crippen LogP contribution in [0.1, 0.15) is 42.4 Å². The summed E-state index contributed by atoms with van der Waals surface area (Å²) in [4.78, 5) is 5.16. The smallest absolute Gasteiger partial charge is 0.343 e. The third-order valence-corrected chi connectivity index (χ3v) is 6.44. The Bertz CT molecular complexity index is 1160. The summed E-state index contributed by atoms with van der Waals surface area (Å²) in [5, 5.41) is 8.62. The summed E-state index contributed by atoms with van der Waals surface area (Å²) in [5.74, 6) is 0.0371. The maximum absolute atomic E-state index is 13.5. The van der Waals surface area contributed by atoms with Crippen molar-refractivity contribution in [2.24, 2.45) is 5.92 Å². The number of rotatable bonds is 3. The third kappa shape index (κ3) is 3.92. The van der Waals surface area contributed by atoms with Crippen LogP contribution in [0.3, 0.4) is 0 Å². The first kappa shape index (κ1) is 22.0. The largest absolute Gasteiger partial charge is 0.433 e. The number of alkyl halides is 6. The van der Waals surface area contributed by atoms with Gasteiger partial charge in [0.15, 0.2) is 5.82 Å². The Hall–Kier alpha value is -2.82. The van der Waals surface area contributed by atoms with Crippen LogP contribution in [0.5, 0.6) is 0 Å². The number of hydrogen-bond acceptors (Lipinski definition) is 4. The highest BCUT2D eigenvalue weighted by molar-refractivity contribution is 6.30. The first-order valence-corrected chi connectivity index (χ1v) is 10.5. The minimum Gasteiger partial charge on any atom is -0.343 e. The van der Waals surface area contributed by atoms with Crippen molar-refractivity contribution in [3.63, 3.8) is 0 Å². The summed E-state index contributed by atoms with van der Waals surface area (Å²) in [5.41, 5.74) is -2.33. The van der Waals surface area contributed by atoms with Crippen molar-refractivity contribution in [3.05, 3.63) is 64.8 Å². The van der Waals surface area contributed by atoms with Gasteiger partial charge in [-0.25, -0.2) is 4.98 Å². The van der Waals surface area contributed by atoms with Crippen LogP contribution in [0.4, 0.5) is 32.2 Å². The molecule has 1 aliphatic heterocycles. The zero-order valence-corrected chi connectivity index (χ0v) is 17.5. The Morgan fingerprint density at radius 3 is 2.45 bits per heavy atom. The van der Waals surface area contributed by atoms with Crippen LogP contribution >= 0.6 is 11.6 Å². The van der Waals surface area contributed by atoms with Crippen LogP contribution in [0.15, 0.2) is 42.7 Å². The minimum absolute atomic E-state index is 0.0113. The van der Waals surface area contributed by atoms with E-state index in [1.54, 1.807) is 33.7 Å². The van der Waals surface area contributed by atoms with Gasteiger partial charge in [-0.1, -0.05) is 17.7 Å². The lowest BCUT2D eigenvalue weighted by atomic mass is 9.97. The molecule has 2 fully saturated rings. The summed E-state index contributed by atoms with van der Waals surface area (Å²) in [7, 11) is 0. The van der Waals surface area contributed by atoms with E-state index in [0.29, 0.717) is 35.4 Å². The van der Waals surface area contributed by atoms with E-state index >= 15 is 0 Å². The van der Waals surface area contributed by atoms with E-state index in [0.717, 1.165) is 6.42 Å². The van der Waals surface area contributed by atoms with Gasteiger partial charge in [-0.15, -0.1) is 10.2 Å². The van der Waals surface area contributed by atoms with Crippen LogP contribution < -0.4 is 4.90 Å². The zero-order valence-electron chi connectivity index (χ0n) is 16.8. The molecule has 1 aromatic carbocycles. The molecule has 1 saturated heterocycles. The number of anilines is 1. The molecule has 1 saturated carbocycles. The molecule has 3 heterocycles. The summed E-state index contributed by atoms with van der Waals surface area (Å²) in [6, 6.07) is 6.75. The van der Waals surface area contributed by atoms with Gasteiger partial charge in [-0.05, 0) is 55.5 Å². The minimum atomic E-state index is -5.02. The summed E-state index contributed by atoms with van der Waals surface area (Å²) < 4.78 is 82.3. The third-order valence-electron chi connectivity index (χ3n) is 6.20. The quantitative estimate of drug-likeness (QED) is 0.420. The second kappa shape index (κ2) is 7.61. The molecule has 33 heavy (non-hydrogen) atoms. The van der Waals surface area contributed by atoms with Crippen LogP contribution in [0, 0.1) is 5.92 Å². The maximum atomic E-state index is 13.5. The average molecular weight is 488 g/mol. The lowest BCUT2D eigenvalue weighted by Crippen LogP contribution is -2.37. The number of nitrogens with zero attached hydrogens (tertiary/aromatic N) is 5. The van der Waals surface area contributed by atoms with Crippen molar-refractivity contribution in [2.75, 3.05) is 4.90 Å². The first-order valence-electron chi connectivity index (χ1n) is 10.1. The monoisotopic (exact) mass is 487 g/mol. The topological polar surface area (TPSA) is 46.8 Å². The second-order valence-corrected chi connectivity index (χ2v) is 8.65. The summed E-state index contributed by atoms with van der Waals surface area (Å²) in [6.45, 7) is 0. The molecule has 0 amide bonds. The molecule has 2 bridgehead atoms. The fraction of sp³-hybridized carbons (Fsp3) is 0.381. The predicted octanol–water partition coefficient (Wildman–Crippen LogP) is 6.08. The van der Waals surface area contributed by atoms with Crippen LogP contribution in [-0.2, 0) is 12.4 Å². The van der Waals surface area contributed by atoms with Crippen molar-refractivity contribution in [1.82, 2.24) is 19.7 Å². The highest BCUT2D eigenvalue weighted by Gasteiger charge is 2.50. The van der Waals surface area contributed by atoms with E-state index in [9.17, 15) is 26.3 Å². The van der Waals surface area contributed by atoms with Crippen LogP contribution in [0.25, 0.3) is 5.69 Å². The van der Waals surface area contributed by atoms with Crippen molar-refractivity contribution in [3.8, 4) is 5.69 Å². The second-order valence-electron chi connectivity index (χ2n) is 8.21. The van der Waals surface area contributed by atoms with Gasteiger partial charge in [0.25, 0.3) is 0 Å². The molecule has 3 aromatic rings. The van der Waals surface area contributed by atoms with Crippen molar-refractivity contribution < 1.29 is 26.3 Å².